The molecule has 1 aliphatic rings. The van der Waals surface area contributed by atoms with Gasteiger partial charge in [-0.15, -0.1) is 0 Å². The zero-order valence-electron chi connectivity index (χ0n) is 16.6. The number of rotatable bonds is 6. The van der Waals surface area contributed by atoms with Crippen LogP contribution < -0.4 is 10.2 Å². The minimum Gasteiger partial charge on any atom is -0.465 e. The predicted molar refractivity (Wildman–Crippen MR) is 108 cm³/mol. The van der Waals surface area contributed by atoms with Crippen LogP contribution in [0.15, 0.2) is 30.5 Å². The van der Waals surface area contributed by atoms with Crippen molar-refractivity contribution in [1.82, 2.24) is 9.97 Å². The molecule has 7 nitrogen and oxygen atoms in total. The van der Waals surface area contributed by atoms with Crippen LogP contribution in [0.25, 0.3) is 0 Å². The number of methoxy groups -OCH3 is 1. The fourth-order valence-electron chi connectivity index (χ4n) is 3.47. The van der Waals surface area contributed by atoms with E-state index in [9.17, 15) is 9.59 Å². The second-order valence-electron chi connectivity index (χ2n) is 6.82. The monoisotopic (exact) mass is 382 g/mol. The number of carbonyl (C=O) groups excluding carboxylic acids is 2. The minimum atomic E-state index is -0.427. The number of nitrogens with one attached hydrogen (secondary N) is 1. The summed E-state index contributed by atoms with van der Waals surface area (Å²) < 4.78 is 4.73. The first-order chi connectivity index (χ1) is 13.5. The maximum atomic E-state index is 12.7. The molecular weight excluding hydrogens is 356 g/mol. The molecule has 1 aromatic carbocycles. The number of anilines is 2. The summed E-state index contributed by atoms with van der Waals surface area (Å²) in [6, 6.07) is 6.77. The molecule has 1 atom stereocenters. The lowest BCUT2D eigenvalue weighted by Gasteiger charge is -2.25. The van der Waals surface area contributed by atoms with Crippen LogP contribution in [0.3, 0.4) is 0 Å². The average Bonchev–Trinajstić information content (AvgIpc) is 2.73. The molecule has 2 aromatic rings. The highest BCUT2D eigenvalue weighted by Crippen LogP contribution is 2.26. The third-order valence-electron chi connectivity index (χ3n) is 5.11. The van der Waals surface area contributed by atoms with Crippen LogP contribution in [0.2, 0.25) is 0 Å². The van der Waals surface area contributed by atoms with E-state index in [-0.39, 0.29) is 11.8 Å². The average molecular weight is 382 g/mol. The van der Waals surface area contributed by atoms with Gasteiger partial charge in [0.15, 0.2) is 0 Å². The number of esters is 1. The number of benzene rings is 1. The first-order valence-electron chi connectivity index (χ1n) is 9.64. The maximum absolute atomic E-state index is 12.7. The summed E-state index contributed by atoms with van der Waals surface area (Å²) in [5.74, 6) is 0.132. The molecule has 1 amide bonds. The minimum absolute atomic E-state index is 0.0551. The molecule has 28 heavy (non-hydrogen) atoms. The molecular formula is C21H26N4O3. The molecule has 0 saturated carbocycles. The SMILES string of the molecule is CCN(CC)c1ncc2c(n1)CC[C@@H](C(=O)Nc1cccc(C(=O)OC)c1)C2. The van der Waals surface area contributed by atoms with Crippen LogP contribution in [0.5, 0.6) is 0 Å². The van der Waals surface area contributed by atoms with Gasteiger partial charge in [-0.05, 0) is 56.9 Å². The van der Waals surface area contributed by atoms with Gasteiger partial charge in [0, 0.05) is 36.6 Å². The van der Waals surface area contributed by atoms with Crippen molar-refractivity contribution >= 4 is 23.5 Å². The number of amides is 1. The quantitative estimate of drug-likeness (QED) is 0.774. The number of carbonyl (C=O) groups is 2. The van der Waals surface area contributed by atoms with Crippen molar-refractivity contribution in [2.45, 2.75) is 33.1 Å². The van der Waals surface area contributed by atoms with E-state index in [1.54, 1.807) is 24.3 Å². The fraction of sp³-hybridized carbons (Fsp3) is 0.429. The van der Waals surface area contributed by atoms with Gasteiger partial charge >= 0.3 is 5.97 Å². The molecule has 0 aliphatic heterocycles. The zero-order valence-corrected chi connectivity index (χ0v) is 16.6. The van der Waals surface area contributed by atoms with Crippen molar-refractivity contribution in [2.24, 2.45) is 5.92 Å². The van der Waals surface area contributed by atoms with E-state index < -0.39 is 5.97 Å². The molecule has 0 unspecified atom stereocenters. The normalized spacial score (nSPS) is 15.5. The van der Waals surface area contributed by atoms with E-state index in [0.717, 1.165) is 43.1 Å². The molecule has 0 spiro atoms. The van der Waals surface area contributed by atoms with Gasteiger partial charge in [-0.25, -0.2) is 14.8 Å². The lowest BCUT2D eigenvalue weighted by Crippen LogP contribution is -2.30. The number of hydrogen-bond donors (Lipinski definition) is 1. The molecule has 0 bridgehead atoms. The van der Waals surface area contributed by atoms with Crippen LogP contribution in [0, 0.1) is 5.92 Å². The second kappa shape index (κ2) is 8.82. The van der Waals surface area contributed by atoms with Gasteiger partial charge < -0.3 is 15.0 Å². The number of ether oxygens (including phenoxy) is 1. The topological polar surface area (TPSA) is 84.4 Å². The van der Waals surface area contributed by atoms with Gasteiger partial charge in [0.25, 0.3) is 0 Å². The van der Waals surface area contributed by atoms with Gasteiger partial charge in [0.05, 0.1) is 12.7 Å². The Morgan fingerprint density at radius 2 is 2.07 bits per heavy atom. The predicted octanol–water partition coefficient (Wildman–Crippen LogP) is 2.85. The van der Waals surface area contributed by atoms with Crippen molar-refractivity contribution < 1.29 is 14.3 Å². The summed E-state index contributed by atoms with van der Waals surface area (Å²) in [6.07, 6.45) is 3.97. The Balaban J connectivity index is 1.68. The summed E-state index contributed by atoms with van der Waals surface area (Å²) in [7, 11) is 1.33. The number of aryl methyl sites for hydroxylation is 1. The van der Waals surface area contributed by atoms with Gasteiger partial charge in [-0.3, -0.25) is 4.79 Å². The standard InChI is InChI=1S/C21H26N4O3/c1-4-25(5-2)21-22-13-16-11-14(9-10-18(16)24-21)19(26)23-17-8-6-7-15(12-17)20(27)28-3/h6-8,12-14H,4-5,9-11H2,1-3H3,(H,23,26)/t14-/m1/s1. The molecule has 1 heterocycles. The highest BCUT2D eigenvalue weighted by molar-refractivity contribution is 5.95. The van der Waals surface area contributed by atoms with Crippen molar-refractivity contribution in [3.8, 4) is 0 Å². The lowest BCUT2D eigenvalue weighted by molar-refractivity contribution is -0.120. The second-order valence-corrected chi connectivity index (χ2v) is 6.82. The third kappa shape index (κ3) is 4.30. The summed E-state index contributed by atoms with van der Waals surface area (Å²) in [5.41, 5.74) is 3.07. The first-order valence-corrected chi connectivity index (χ1v) is 9.64. The molecule has 148 valence electrons. The summed E-state index contributed by atoms with van der Waals surface area (Å²) in [4.78, 5) is 35.7. The van der Waals surface area contributed by atoms with Crippen LogP contribution in [-0.4, -0.2) is 42.0 Å². The Bertz CT molecular complexity index is 864. The number of fused-ring (bicyclic) bond motifs is 1. The maximum Gasteiger partial charge on any atom is 0.337 e. The van der Waals surface area contributed by atoms with E-state index >= 15 is 0 Å². The van der Waals surface area contributed by atoms with Crippen LogP contribution in [0.4, 0.5) is 11.6 Å². The summed E-state index contributed by atoms with van der Waals surface area (Å²) >= 11 is 0. The van der Waals surface area contributed by atoms with E-state index in [1.165, 1.54) is 7.11 Å². The smallest absolute Gasteiger partial charge is 0.337 e. The zero-order chi connectivity index (χ0) is 20.1. The Hall–Kier alpha value is -2.96. The Kier molecular flexibility index (Phi) is 6.23. The highest BCUT2D eigenvalue weighted by Gasteiger charge is 2.26. The van der Waals surface area contributed by atoms with Crippen molar-refractivity contribution in [3.63, 3.8) is 0 Å². The van der Waals surface area contributed by atoms with Crippen LogP contribution in [0.1, 0.15) is 41.9 Å². The Labute approximate surface area is 165 Å². The van der Waals surface area contributed by atoms with Gasteiger partial charge in [0.2, 0.25) is 11.9 Å². The van der Waals surface area contributed by atoms with Crippen molar-refractivity contribution in [1.29, 1.82) is 0 Å². The lowest BCUT2D eigenvalue weighted by atomic mass is 9.86. The number of nitrogens with zero attached hydrogens (tertiary/aromatic N) is 3. The van der Waals surface area contributed by atoms with E-state index in [4.69, 9.17) is 9.72 Å². The summed E-state index contributed by atoms with van der Waals surface area (Å²) in [6.45, 7) is 5.90. The Morgan fingerprint density at radius 3 is 2.79 bits per heavy atom. The van der Waals surface area contributed by atoms with E-state index in [0.29, 0.717) is 17.7 Å². The Morgan fingerprint density at radius 1 is 1.29 bits per heavy atom. The number of hydrogen-bond acceptors (Lipinski definition) is 6. The number of aromatic nitrogens is 2. The molecule has 0 radical (unpaired) electrons. The molecule has 3 rings (SSSR count). The largest absolute Gasteiger partial charge is 0.465 e. The van der Waals surface area contributed by atoms with Crippen molar-refractivity contribution in [3.05, 3.63) is 47.3 Å². The molecule has 7 heteroatoms. The molecule has 1 aromatic heterocycles. The van der Waals surface area contributed by atoms with Gasteiger partial charge in [-0.1, -0.05) is 6.07 Å². The summed E-state index contributed by atoms with van der Waals surface area (Å²) in [5, 5.41) is 2.91. The molecule has 0 fully saturated rings. The van der Waals surface area contributed by atoms with Crippen molar-refractivity contribution in [2.75, 3.05) is 30.4 Å². The van der Waals surface area contributed by atoms with Crippen LogP contribution >= 0.6 is 0 Å². The third-order valence-corrected chi connectivity index (χ3v) is 5.11. The highest BCUT2D eigenvalue weighted by atomic mass is 16.5. The van der Waals surface area contributed by atoms with E-state index in [1.807, 2.05) is 6.20 Å². The van der Waals surface area contributed by atoms with Gasteiger partial charge in [0.1, 0.15) is 0 Å². The fourth-order valence-corrected chi connectivity index (χ4v) is 3.47. The molecule has 0 saturated heterocycles. The molecule has 1 aliphatic carbocycles. The van der Waals surface area contributed by atoms with Gasteiger partial charge in [-0.2, -0.15) is 0 Å². The molecule has 1 N–H and O–H groups in total. The first kappa shape index (κ1) is 19.8. The van der Waals surface area contributed by atoms with E-state index in [2.05, 4.69) is 29.0 Å². The van der Waals surface area contributed by atoms with Crippen LogP contribution in [-0.2, 0) is 22.4 Å².